The Morgan fingerprint density at radius 1 is 0.500 bits per heavy atom. The first kappa shape index (κ1) is 47.3. The van der Waals surface area contributed by atoms with Gasteiger partial charge < -0.3 is 15.5 Å². The summed E-state index contributed by atoms with van der Waals surface area (Å²) < 4.78 is 0. The molecule has 4 heteroatoms. The third kappa shape index (κ3) is 36.6. The second-order valence-corrected chi connectivity index (χ2v) is 13.3. The van der Waals surface area contributed by atoms with Gasteiger partial charge in [0.05, 0.1) is 18.8 Å². The predicted molar refractivity (Wildman–Crippen MR) is 220 cm³/mol. The molecule has 0 aliphatic rings. The Morgan fingerprint density at radius 3 is 1.38 bits per heavy atom. The lowest BCUT2D eigenvalue weighted by molar-refractivity contribution is -0.123. The molecular weight excluding hydrogens is 615 g/mol. The van der Waals surface area contributed by atoms with E-state index in [4.69, 9.17) is 0 Å². The number of unbranched alkanes of at least 4 members (excludes halogenated alkanes) is 14. The molecule has 2 atom stereocenters. The van der Waals surface area contributed by atoms with Crippen LogP contribution in [0.4, 0.5) is 0 Å². The number of carbonyl (C=O) groups excluding carboxylic acids is 1. The molecule has 4 nitrogen and oxygen atoms in total. The largest absolute Gasteiger partial charge is 0.394 e. The lowest BCUT2D eigenvalue weighted by atomic mass is 10.0. The van der Waals surface area contributed by atoms with Crippen LogP contribution in [0.5, 0.6) is 0 Å². The van der Waals surface area contributed by atoms with E-state index in [2.05, 4.69) is 104 Å². The van der Waals surface area contributed by atoms with Crippen LogP contribution in [0.2, 0.25) is 0 Å². The van der Waals surface area contributed by atoms with Gasteiger partial charge in [-0.1, -0.05) is 182 Å². The van der Waals surface area contributed by atoms with Gasteiger partial charge in [-0.05, 0) is 77.0 Å². The number of allylic oxidation sites excluding steroid dienone is 15. The molecule has 0 aliphatic carbocycles. The SMILES string of the molecule is CC/C=C\C/C=C\C/C=C\C/C=C\C/C=C\C/C=C\CCCCCCCCCCCCCCC(=O)NC(CO)C(O)/C=C/CC/C=C/CCC. The zero-order valence-corrected chi connectivity index (χ0v) is 32.4. The van der Waals surface area contributed by atoms with Crippen molar-refractivity contribution < 1.29 is 15.0 Å². The molecule has 0 rings (SSSR count). The van der Waals surface area contributed by atoms with Crippen LogP contribution in [0.15, 0.2) is 97.2 Å². The molecule has 0 saturated heterocycles. The molecular formula is C46H77NO3. The maximum absolute atomic E-state index is 12.3. The summed E-state index contributed by atoms with van der Waals surface area (Å²) in [5.74, 6) is -0.0867. The molecule has 1 amide bonds. The number of hydrogen-bond donors (Lipinski definition) is 3. The maximum Gasteiger partial charge on any atom is 0.220 e. The predicted octanol–water partition coefficient (Wildman–Crippen LogP) is 12.7. The summed E-state index contributed by atoms with van der Waals surface area (Å²) in [7, 11) is 0. The molecule has 0 aromatic heterocycles. The molecule has 0 aromatic rings. The first-order valence-electron chi connectivity index (χ1n) is 20.5. The third-order valence-corrected chi connectivity index (χ3v) is 8.53. The van der Waals surface area contributed by atoms with Gasteiger partial charge in [-0.25, -0.2) is 0 Å². The Balaban J connectivity index is 3.55. The minimum atomic E-state index is -0.864. The average molecular weight is 692 g/mol. The Hall–Kier alpha value is -2.69. The standard InChI is InChI=1S/C46H77NO3/c1-3-5-7-9-11-12-13-14-15-16-17-18-19-20-21-22-23-24-25-26-27-28-29-30-31-32-33-34-36-38-40-42-46(50)47-44(43-48)45(49)41-39-37-35-10-8-6-4-2/h5,7-8,10-12,14-15,17-18,20-21,23-24,39,41,44-45,48-49H,3-4,6,9,13,16,19,22,25-38,40,42-43H2,1-2H3,(H,47,50)/b7-5-,10-8+,12-11-,15-14-,18-17-,21-20-,24-23-,41-39+. The highest BCUT2D eigenvalue weighted by atomic mass is 16.3. The van der Waals surface area contributed by atoms with Crippen molar-refractivity contribution in [3.05, 3.63) is 97.2 Å². The smallest absolute Gasteiger partial charge is 0.220 e. The number of carbonyl (C=O) groups is 1. The Bertz CT molecular complexity index is 968. The van der Waals surface area contributed by atoms with Crippen LogP contribution in [-0.2, 0) is 4.79 Å². The van der Waals surface area contributed by atoms with E-state index in [1.165, 1.54) is 70.6 Å². The molecule has 50 heavy (non-hydrogen) atoms. The number of hydrogen-bond acceptors (Lipinski definition) is 3. The van der Waals surface area contributed by atoms with E-state index in [0.29, 0.717) is 6.42 Å². The molecule has 0 spiro atoms. The summed E-state index contributed by atoms with van der Waals surface area (Å²) in [5.41, 5.74) is 0. The summed E-state index contributed by atoms with van der Waals surface area (Å²) in [6.07, 6.45) is 61.0. The minimum absolute atomic E-state index is 0.0867. The van der Waals surface area contributed by atoms with Crippen molar-refractivity contribution in [1.29, 1.82) is 0 Å². The lowest BCUT2D eigenvalue weighted by Gasteiger charge is -2.19. The topological polar surface area (TPSA) is 69.6 Å². The quantitative estimate of drug-likeness (QED) is 0.0458. The van der Waals surface area contributed by atoms with Crippen molar-refractivity contribution in [2.45, 2.75) is 180 Å². The zero-order valence-electron chi connectivity index (χ0n) is 32.4. The van der Waals surface area contributed by atoms with Crippen LogP contribution in [0.1, 0.15) is 168 Å². The highest BCUT2D eigenvalue weighted by Gasteiger charge is 2.17. The van der Waals surface area contributed by atoms with E-state index in [9.17, 15) is 15.0 Å². The van der Waals surface area contributed by atoms with Crippen LogP contribution in [0.3, 0.4) is 0 Å². The molecule has 0 aliphatic heterocycles. The van der Waals surface area contributed by atoms with Gasteiger partial charge in [-0.2, -0.15) is 0 Å². The average Bonchev–Trinajstić information content (AvgIpc) is 3.12. The highest BCUT2D eigenvalue weighted by molar-refractivity contribution is 5.76. The first-order valence-corrected chi connectivity index (χ1v) is 20.5. The number of amides is 1. The molecule has 2 unspecified atom stereocenters. The number of aliphatic hydroxyl groups is 2. The fraction of sp³-hybridized carbons (Fsp3) is 0.630. The van der Waals surface area contributed by atoms with Crippen LogP contribution in [0.25, 0.3) is 0 Å². The molecule has 284 valence electrons. The lowest BCUT2D eigenvalue weighted by Crippen LogP contribution is -2.45. The van der Waals surface area contributed by atoms with Crippen LogP contribution >= 0.6 is 0 Å². The van der Waals surface area contributed by atoms with Crippen molar-refractivity contribution in [2.75, 3.05) is 6.61 Å². The first-order chi connectivity index (χ1) is 24.7. The fourth-order valence-corrected chi connectivity index (χ4v) is 5.44. The zero-order chi connectivity index (χ0) is 36.4. The summed E-state index contributed by atoms with van der Waals surface area (Å²) in [4.78, 5) is 12.3. The van der Waals surface area contributed by atoms with Crippen molar-refractivity contribution in [1.82, 2.24) is 5.32 Å². The van der Waals surface area contributed by atoms with Gasteiger partial charge in [0.2, 0.25) is 5.91 Å². The Labute approximate surface area is 309 Å². The van der Waals surface area contributed by atoms with Gasteiger partial charge in [0.25, 0.3) is 0 Å². The maximum atomic E-state index is 12.3. The number of aliphatic hydroxyl groups excluding tert-OH is 2. The monoisotopic (exact) mass is 692 g/mol. The van der Waals surface area contributed by atoms with Crippen LogP contribution < -0.4 is 5.32 Å². The molecule has 3 N–H and O–H groups in total. The third-order valence-electron chi connectivity index (χ3n) is 8.53. The van der Waals surface area contributed by atoms with Gasteiger partial charge in [0.15, 0.2) is 0 Å². The van der Waals surface area contributed by atoms with Crippen LogP contribution in [0, 0.1) is 0 Å². The molecule has 0 fully saturated rings. The van der Waals surface area contributed by atoms with Crippen molar-refractivity contribution in [3.8, 4) is 0 Å². The van der Waals surface area contributed by atoms with Gasteiger partial charge in [0, 0.05) is 6.42 Å². The highest BCUT2D eigenvalue weighted by Crippen LogP contribution is 2.13. The second-order valence-electron chi connectivity index (χ2n) is 13.3. The van der Waals surface area contributed by atoms with Gasteiger partial charge in [0.1, 0.15) is 0 Å². The molecule has 0 bridgehead atoms. The summed E-state index contributed by atoms with van der Waals surface area (Å²) in [6, 6.07) is -0.642. The number of rotatable bonds is 35. The van der Waals surface area contributed by atoms with Gasteiger partial charge in [-0.3, -0.25) is 4.79 Å². The van der Waals surface area contributed by atoms with Crippen molar-refractivity contribution in [3.63, 3.8) is 0 Å². The Kier molecular flexibility index (Phi) is 38.5. The van der Waals surface area contributed by atoms with E-state index in [-0.39, 0.29) is 12.5 Å². The Morgan fingerprint density at radius 2 is 0.900 bits per heavy atom. The molecule has 0 radical (unpaired) electrons. The van der Waals surface area contributed by atoms with Gasteiger partial charge >= 0.3 is 0 Å². The molecule has 0 heterocycles. The summed E-state index contributed by atoms with van der Waals surface area (Å²) >= 11 is 0. The summed E-state index contributed by atoms with van der Waals surface area (Å²) in [5, 5.41) is 22.7. The van der Waals surface area contributed by atoms with E-state index in [1.807, 2.05) is 6.08 Å². The molecule has 0 aromatic carbocycles. The number of nitrogens with one attached hydrogen (secondary N) is 1. The normalized spacial score (nSPS) is 14.1. The van der Waals surface area contributed by atoms with Gasteiger partial charge in [-0.15, -0.1) is 0 Å². The van der Waals surface area contributed by atoms with E-state index in [1.54, 1.807) is 6.08 Å². The molecule has 0 saturated carbocycles. The fourth-order valence-electron chi connectivity index (χ4n) is 5.44. The van der Waals surface area contributed by atoms with E-state index < -0.39 is 12.1 Å². The van der Waals surface area contributed by atoms with Crippen molar-refractivity contribution >= 4 is 5.91 Å². The summed E-state index contributed by atoms with van der Waals surface area (Å²) in [6.45, 7) is 4.06. The minimum Gasteiger partial charge on any atom is -0.394 e. The van der Waals surface area contributed by atoms with E-state index in [0.717, 1.165) is 77.0 Å². The van der Waals surface area contributed by atoms with Crippen molar-refractivity contribution in [2.24, 2.45) is 0 Å². The van der Waals surface area contributed by atoms with E-state index >= 15 is 0 Å². The van der Waals surface area contributed by atoms with Crippen LogP contribution in [-0.4, -0.2) is 34.9 Å². The second kappa shape index (κ2) is 40.7.